The van der Waals surface area contributed by atoms with Gasteiger partial charge in [0, 0.05) is 44.2 Å². The van der Waals surface area contributed by atoms with Crippen LogP contribution in [0.5, 0.6) is 0 Å². The lowest BCUT2D eigenvalue weighted by Crippen LogP contribution is -2.54. The SMILES string of the molecule is Cc1cc(C)n(-c2cc(N3CC(C(=O)NCCSc4nncn4C)C3)ncn2)n1. The van der Waals surface area contributed by atoms with Gasteiger partial charge in [-0.05, 0) is 19.9 Å². The lowest BCUT2D eigenvalue weighted by atomic mass is 9.99. The minimum absolute atomic E-state index is 0.0260. The summed E-state index contributed by atoms with van der Waals surface area (Å²) in [6.45, 7) is 5.85. The maximum atomic E-state index is 12.3. The first kappa shape index (κ1) is 19.4. The molecule has 1 saturated heterocycles. The van der Waals surface area contributed by atoms with Crippen molar-refractivity contribution in [2.45, 2.75) is 19.0 Å². The van der Waals surface area contributed by atoms with Crippen molar-refractivity contribution in [3.05, 3.63) is 36.2 Å². The van der Waals surface area contributed by atoms with Crippen LogP contribution in [0.4, 0.5) is 5.82 Å². The summed E-state index contributed by atoms with van der Waals surface area (Å²) in [6.07, 6.45) is 3.20. The summed E-state index contributed by atoms with van der Waals surface area (Å²) in [5.74, 6) is 2.35. The highest BCUT2D eigenvalue weighted by atomic mass is 32.2. The van der Waals surface area contributed by atoms with Crippen molar-refractivity contribution in [1.82, 2.24) is 39.8 Å². The molecule has 1 N–H and O–H groups in total. The van der Waals surface area contributed by atoms with Crippen molar-refractivity contribution in [3.8, 4) is 5.82 Å². The number of hydrogen-bond acceptors (Lipinski definition) is 8. The Balaban J connectivity index is 1.26. The molecular weight excluding hydrogens is 390 g/mol. The van der Waals surface area contributed by atoms with E-state index in [0.717, 1.165) is 33.9 Å². The third kappa shape index (κ3) is 4.24. The fourth-order valence-corrected chi connectivity index (χ4v) is 3.92. The zero-order valence-corrected chi connectivity index (χ0v) is 17.4. The van der Waals surface area contributed by atoms with Crippen LogP contribution >= 0.6 is 11.8 Å². The number of carbonyl (C=O) groups is 1. The molecule has 0 aliphatic carbocycles. The fourth-order valence-electron chi connectivity index (χ4n) is 3.18. The van der Waals surface area contributed by atoms with E-state index >= 15 is 0 Å². The van der Waals surface area contributed by atoms with Gasteiger partial charge in [-0.1, -0.05) is 11.8 Å². The van der Waals surface area contributed by atoms with E-state index in [2.05, 4.69) is 35.5 Å². The Kier molecular flexibility index (Phi) is 5.47. The first-order valence-electron chi connectivity index (χ1n) is 9.36. The number of anilines is 1. The summed E-state index contributed by atoms with van der Waals surface area (Å²) < 4.78 is 3.66. The summed E-state index contributed by atoms with van der Waals surface area (Å²) in [4.78, 5) is 23.1. The zero-order chi connectivity index (χ0) is 20.4. The Bertz CT molecular complexity index is 1010. The second-order valence-electron chi connectivity index (χ2n) is 7.04. The highest BCUT2D eigenvalue weighted by Crippen LogP contribution is 2.24. The molecule has 4 rings (SSSR count). The van der Waals surface area contributed by atoms with Gasteiger partial charge >= 0.3 is 0 Å². The van der Waals surface area contributed by atoms with Gasteiger partial charge in [-0.3, -0.25) is 4.79 Å². The van der Waals surface area contributed by atoms with Crippen LogP contribution in [-0.4, -0.2) is 65.8 Å². The molecule has 1 fully saturated rings. The number of nitrogens with one attached hydrogen (secondary N) is 1. The topological polar surface area (TPSA) is 107 Å². The number of thioether (sulfide) groups is 1. The first-order chi connectivity index (χ1) is 14.0. The average molecular weight is 414 g/mol. The molecule has 0 unspecified atom stereocenters. The fraction of sp³-hybridized carbons (Fsp3) is 0.444. The predicted octanol–water partition coefficient (Wildman–Crippen LogP) is 0.752. The molecular formula is C18H23N9OS. The number of nitrogens with zero attached hydrogens (tertiary/aromatic N) is 8. The molecule has 3 aromatic heterocycles. The molecule has 3 aromatic rings. The van der Waals surface area contributed by atoms with Crippen molar-refractivity contribution >= 4 is 23.5 Å². The Labute approximate surface area is 172 Å². The average Bonchev–Trinajstić information content (AvgIpc) is 3.22. The van der Waals surface area contributed by atoms with Crippen molar-refractivity contribution in [2.75, 3.05) is 30.3 Å². The van der Waals surface area contributed by atoms with Gasteiger partial charge < -0.3 is 14.8 Å². The van der Waals surface area contributed by atoms with Crippen LogP contribution in [0.25, 0.3) is 5.82 Å². The number of hydrogen-bond donors (Lipinski definition) is 1. The normalized spacial score (nSPS) is 14.1. The molecule has 1 aliphatic rings. The molecule has 0 bridgehead atoms. The molecule has 0 atom stereocenters. The minimum atomic E-state index is -0.0260. The van der Waals surface area contributed by atoms with E-state index in [4.69, 9.17) is 0 Å². The standard InChI is InChI=1S/C18H23N9OS/c1-12-6-13(2)27(24-12)16-7-15(20-10-21-16)26-8-14(9-26)17(28)19-4-5-29-18-23-22-11-25(18)3/h6-7,10-11,14H,4-5,8-9H2,1-3H3,(H,19,28). The summed E-state index contributed by atoms with van der Waals surface area (Å²) in [6, 6.07) is 3.92. The molecule has 1 aliphatic heterocycles. The molecule has 11 heteroatoms. The highest BCUT2D eigenvalue weighted by molar-refractivity contribution is 7.99. The number of carbonyl (C=O) groups excluding carboxylic acids is 1. The first-order valence-corrected chi connectivity index (χ1v) is 10.3. The minimum Gasteiger partial charge on any atom is -0.355 e. The van der Waals surface area contributed by atoms with Crippen LogP contribution < -0.4 is 10.2 Å². The van der Waals surface area contributed by atoms with E-state index in [0.29, 0.717) is 19.6 Å². The lowest BCUT2D eigenvalue weighted by Gasteiger charge is -2.39. The third-order valence-corrected chi connectivity index (χ3v) is 5.78. The molecule has 0 spiro atoms. The summed E-state index contributed by atoms with van der Waals surface area (Å²) in [7, 11) is 1.90. The summed E-state index contributed by atoms with van der Waals surface area (Å²) in [5, 5.41) is 16.2. The van der Waals surface area contributed by atoms with Crippen molar-refractivity contribution in [1.29, 1.82) is 0 Å². The highest BCUT2D eigenvalue weighted by Gasteiger charge is 2.33. The summed E-state index contributed by atoms with van der Waals surface area (Å²) in [5.41, 5.74) is 1.97. The van der Waals surface area contributed by atoms with Gasteiger partial charge in [-0.25, -0.2) is 14.6 Å². The molecule has 0 aromatic carbocycles. The van der Waals surface area contributed by atoms with Gasteiger partial charge in [0.1, 0.15) is 18.5 Å². The van der Waals surface area contributed by atoms with Gasteiger partial charge in [-0.15, -0.1) is 10.2 Å². The molecule has 0 saturated carbocycles. The molecule has 10 nitrogen and oxygen atoms in total. The van der Waals surface area contributed by atoms with Crippen molar-refractivity contribution < 1.29 is 4.79 Å². The van der Waals surface area contributed by atoms with E-state index in [1.165, 1.54) is 6.33 Å². The number of aryl methyl sites for hydroxylation is 3. The van der Waals surface area contributed by atoms with Crippen LogP contribution in [-0.2, 0) is 11.8 Å². The molecule has 1 amide bonds. The van der Waals surface area contributed by atoms with Gasteiger partial charge in [0.05, 0.1) is 11.6 Å². The van der Waals surface area contributed by atoms with Crippen molar-refractivity contribution in [3.63, 3.8) is 0 Å². The predicted molar refractivity (Wildman–Crippen MR) is 109 cm³/mol. The lowest BCUT2D eigenvalue weighted by molar-refractivity contribution is -0.125. The quantitative estimate of drug-likeness (QED) is 0.447. The number of rotatable bonds is 7. The molecule has 0 radical (unpaired) electrons. The monoisotopic (exact) mass is 413 g/mol. The van der Waals surface area contributed by atoms with Crippen molar-refractivity contribution in [2.24, 2.45) is 13.0 Å². The number of amides is 1. The van der Waals surface area contributed by atoms with Crippen LogP contribution in [0.15, 0.2) is 29.9 Å². The van der Waals surface area contributed by atoms with Crippen LogP contribution in [0.1, 0.15) is 11.4 Å². The Morgan fingerprint density at radius 2 is 2.03 bits per heavy atom. The Hall–Kier alpha value is -2.95. The maximum absolute atomic E-state index is 12.3. The van der Waals surface area contributed by atoms with Crippen LogP contribution in [0.3, 0.4) is 0 Å². The Morgan fingerprint density at radius 1 is 1.24 bits per heavy atom. The Morgan fingerprint density at radius 3 is 2.72 bits per heavy atom. The largest absolute Gasteiger partial charge is 0.355 e. The van der Waals surface area contributed by atoms with Gasteiger partial charge in [0.25, 0.3) is 0 Å². The molecule has 29 heavy (non-hydrogen) atoms. The van der Waals surface area contributed by atoms with E-state index < -0.39 is 0 Å². The molecule has 152 valence electrons. The molecule has 4 heterocycles. The maximum Gasteiger partial charge on any atom is 0.226 e. The number of aromatic nitrogens is 7. The summed E-state index contributed by atoms with van der Waals surface area (Å²) >= 11 is 1.57. The van der Waals surface area contributed by atoms with E-state index in [1.807, 2.05) is 37.6 Å². The second kappa shape index (κ2) is 8.19. The smallest absolute Gasteiger partial charge is 0.226 e. The third-order valence-electron chi connectivity index (χ3n) is 4.74. The van der Waals surface area contributed by atoms with Gasteiger partial charge in [0.15, 0.2) is 11.0 Å². The van der Waals surface area contributed by atoms with Crippen LogP contribution in [0, 0.1) is 19.8 Å². The van der Waals surface area contributed by atoms with E-state index in [9.17, 15) is 4.79 Å². The van der Waals surface area contributed by atoms with Gasteiger partial charge in [-0.2, -0.15) is 5.10 Å². The van der Waals surface area contributed by atoms with E-state index in [1.54, 1.807) is 22.8 Å². The van der Waals surface area contributed by atoms with E-state index in [-0.39, 0.29) is 11.8 Å². The van der Waals surface area contributed by atoms with Gasteiger partial charge in [0.2, 0.25) is 5.91 Å². The van der Waals surface area contributed by atoms with Crippen LogP contribution in [0.2, 0.25) is 0 Å². The second-order valence-corrected chi connectivity index (χ2v) is 8.10. The zero-order valence-electron chi connectivity index (χ0n) is 16.6.